The molecule has 0 aromatic carbocycles. The summed E-state index contributed by atoms with van der Waals surface area (Å²) in [4.78, 5) is 29.9. The summed E-state index contributed by atoms with van der Waals surface area (Å²) in [5, 5.41) is 11.0. The molecule has 0 spiro atoms. The van der Waals surface area contributed by atoms with Crippen LogP contribution in [0.2, 0.25) is 0 Å². The molecule has 20 heavy (non-hydrogen) atoms. The lowest BCUT2D eigenvalue weighted by molar-refractivity contribution is -0.392. The molecular weight excluding hydrogens is 266 g/mol. The van der Waals surface area contributed by atoms with E-state index in [9.17, 15) is 14.9 Å². The van der Waals surface area contributed by atoms with Gasteiger partial charge in [0.05, 0.1) is 6.54 Å². The van der Waals surface area contributed by atoms with E-state index in [0.29, 0.717) is 18.2 Å². The third-order valence-corrected chi connectivity index (χ3v) is 3.06. The summed E-state index contributed by atoms with van der Waals surface area (Å²) >= 11 is 0. The highest BCUT2D eigenvalue weighted by Gasteiger charge is 2.32. The van der Waals surface area contributed by atoms with Gasteiger partial charge in [0.2, 0.25) is 5.82 Å². The minimum Gasteiger partial charge on any atom is -0.456 e. The molecule has 3 heterocycles. The fourth-order valence-electron chi connectivity index (χ4n) is 2.32. The maximum absolute atomic E-state index is 11.1. The van der Waals surface area contributed by atoms with Crippen molar-refractivity contribution in [2.75, 3.05) is 0 Å². The van der Waals surface area contributed by atoms with E-state index in [1.54, 1.807) is 17.0 Å². The molecule has 0 radical (unpaired) electrons. The number of fused-ring (bicyclic) bond motifs is 3. The zero-order valence-electron chi connectivity index (χ0n) is 10.6. The topological polar surface area (TPSA) is 105 Å². The average molecular weight is 277 g/mol. The van der Waals surface area contributed by atoms with Gasteiger partial charge in [-0.1, -0.05) is 0 Å². The number of carbonyl (C=O) groups is 1. The number of imidazole rings is 2. The van der Waals surface area contributed by atoms with Gasteiger partial charge in [-0.3, -0.25) is 4.79 Å². The van der Waals surface area contributed by atoms with Crippen LogP contribution in [0.25, 0.3) is 11.6 Å². The molecule has 0 aliphatic carbocycles. The van der Waals surface area contributed by atoms with E-state index >= 15 is 0 Å². The minimum atomic E-state index is -0.514. The monoisotopic (exact) mass is 277 g/mol. The van der Waals surface area contributed by atoms with Crippen molar-refractivity contribution in [3.8, 4) is 11.6 Å². The Kier molecular flexibility index (Phi) is 2.74. The van der Waals surface area contributed by atoms with E-state index in [-0.39, 0.29) is 12.4 Å². The third kappa shape index (κ3) is 1.92. The predicted octanol–water partition coefficient (Wildman–Crippen LogP) is 0.600. The van der Waals surface area contributed by atoms with Crippen LogP contribution < -0.4 is 0 Å². The van der Waals surface area contributed by atoms with Gasteiger partial charge < -0.3 is 19.4 Å². The van der Waals surface area contributed by atoms with E-state index in [4.69, 9.17) is 4.74 Å². The molecule has 1 unspecified atom stereocenters. The van der Waals surface area contributed by atoms with Crippen LogP contribution in [0, 0.1) is 10.1 Å². The molecule has 0 fully saturated rings. The Hall–Kier alpha value is -2.71. The van der Waals surface area contributed by atoms with E-state index in [1.807, 2.05) is 0 Å². The van der Waals surface area contributed by atoms with Crippen LogP contribution in [-0.2, 0) is 22.6 Å². The first-order valence-electron chi connectivity index (χ1n) is 5.95. The van der Waals surface area contributed by atoms with Crippen LogP contribution in [0.5, 0.6) is 0 Å². The number of rotatable bonds is 2. The number of hydrogen-bond donors (Lipinski definition) is 0. The van der Waals surface area contributed by atoms with Crippen molar-refractivity contribution in [1.29, 1.82) is 0 Å². The summed E-state index contributed by atoms with van der Waals surface area (Å²) < 4.78 is 8.38. The van der Waals surface area contributed by atoms with Crippen LogP contribution >= 0.6 is 0 Å². The molecule has 104 valence electrons. The lowest BCUT2D eigenvalue weighted by Gasteiger charge is -2.14. The normalized spacial score (nSPS) is 16.9. The molecule has 2 aromatic heterocycles. The fourth-order valence-corrected chi connectivity index (χ4v) is 2.32. The van der Waals surface area contributed by atoms with Gasteiger partial charge in [0.25, 0.3) is 5.82 Å². The van der Waals surface area contributed by atoms with Crippen LogP contribution in [0.1, 0.15) is 6.92 Å². The van der Waals surface area contributed by atoms with Gasteiger partial charge in [0.1, 0.15) is 12.7 Å². The van der Waals surface area contributed by atoms with Crippen molar-refractivity contribution in [1.82, 2.24) is 19.1 Å². The summed E-state index contributed by atoms with van der Waals surface area (Å²) in [6.45, 7) is 1.87. The Morgan fingerprint density at radius 2 is 2.25 bits per heavy atom. The number of esters is 1. The molecule has 1 aliphatic rings. The molecular formula is C11H11N5O4. The Balaban J connectivity index is 2.11. The minimum absolute atomic E-state index is 0.145. The second-order valence-electron chi connectivity index (χ2n) is 4.44. The molecule has 9 nitrogen and oxygen atoms in total. The van der Waals surface area contributed by atoms with Gasteiger partial charge in [-0.2, -0.15) is 4.57 Å². The van der Waals surface area contributed by atoms with Gasteiger partial charge in [-0.25, -0.2) is 9.97 Å². The van der Waals surface area contributed by atoms with Crippen molar-refractivity contribution < 1.29 is 14.5 Å². The van der Waals surface area contributed by atoms with E-state index in [2.05, 4.69) is 9.97 Å². The summed E-state index contributed by atoms with van der Waals surface area (Å²) in [6.07, 6.45) is 3.98. The van der Waals surface area contributed by atoms with Gasteiger partial charge in [0.15, 0.2) is 6.10 Å². The molecule has 0 saturated carbocycles. The molecule has 3 rings (SSSR count). The Morgan fingerprint density at radius 3 is 2.95 bits per heavy atom. The number of nitro groups is 1. The van der Waals surface area contributed by atoms with E-state index in [0.717, 1.165) is 0 Å². The molecule has 0 amide bonds. The molecule has 0 bridgehead atoms. The molecule has 0 saturated heterocycles. The molecule has 1 atom stereocenters. The first-order valence-corrected chi connectivity index (χ1v) is 5.95. The van der Waals surface area contributed by atoms with Crippen molar-refractivity contribution >= 4 is 11.8 Å². The molecule has 1 aliphatic heterocycles. The maximum atomic E-state index is 11.1. The largest absolute Gasteiger partial charge is 0.456 e. The third-order valence-electron chi connectivity index (χ3n) is 3.06. The van der Waals surface area contributed by atoms with Gasteiger partial charge in [-0.05, 0) is 4.92 Å². The quantitative estimate of drug-likeness (QED) is 0.452. The number of nitrogens with zero attached hydrogens (tertiary/aromatic N) is 5. The van der Waals surface area contributed by atoms with E-state index in [1.165, 1.54) is 17.7 Å². The summed E-state index contributed by atoms with van der Waals surface area (Å²) in [5.41, 5.74) is 0. The van der Waals surface area contributed by atoms with Crippen molar-refractivity contribution in [3.63, 3.8) is 0 Å². The molecule has 9 heteroatoms. The van der Waals surface area contributed by atoms with Crippen LogP contribution in [-0.4, -0.2) is 36.1 Å². The number of aromatic nitrogens is 4. The zero-order chi connectivity index (χ0) is 14.3. The number of ether oxygens (including phenoxy) is 1. The van der Waals surface area contributed by atoms with Crippen LogP contribution in [0.4, 0.5) is 5.82 Å². The molecule has 0 N–H and O–H groups in total. The lowest BCUT2D eigenvalue weighted by atomic mass is 10.3. The SMILES string of the molecule is CC(=O)OC1Cn2ccnc2-c2ncc([N+](=O)[O-])n2C1. The summed E-state index contributed by atoms with van der Waals surface area (Å²) in [6, 6.07) is 0. The predicted molar refractivity (Wildman–Crippen MR) is 65.7 cm³/mol. The highest BCUT2D eigenvalue weighted by atomic mass is 16.6. The number of hydrogen-bond acceptors (Lipinski definition) is 6. The van der Waals surface area contributed by atoms with Gasteiger partial charge >= 0.3 is 11.8 Å². The average Bonchev–Trinajstić information content (AvgIpc) is 2.92. The zero-order valence-corrected chi connectivity index (χ0v) is 10.6. The summed E-state index contributed by atoms with van der Waals surface area (Å²) in [5.74, 6) is 0.348. The Morgan fingerprint density at radius 1 is 1.45 bits per heavy atom. The Bertz CT molecular complexity index is 689. The van der Waals surface area contributed by atoms with E-state index < -0.39 is 17.0 Å². The first-order chi connectivity index (χ1) is 9.56. The summed E-state index contributed by atoms with van der Waals surface area (Å²) in [7, 11) is 0. The van der Waals surface area contributed by atoms with Gasteiger partial charge in [0, 0.05) is 19.3 Å². The maximum Gasteiger partial charge on any atom is 0.343 e. The smallest absolute Gasteiger partial charge is 0.343 e. The highest BCUT2D eigenvalue weighted by Crippen LogP contribution is 2.27. The fraction of sp³-hybridized carbons (Fsp3) is 0.364. The number of carbonyl (C=O) groups excluding carboxylic acids is 1. The second kappa shape index (κ2) is 4.44. The first kappa shape index (κ1) is 12.3. The van der Waals surface area contributed by atoms with Crippen LogP contribution in [0.15, 0.2) is 18.6 Å². The van der Waals surface area contributed by atoms with Gasteiger partial charge in [-0.15, -0.1) is 0 Å². The lowest BCUT2D eigenvalue weighted by Crippen LogP contribution is -2.25. The standard InChI is InChI=1S/C11H11N5O4/c1-7(17)20-8-5-14-3-2-12-10(14)11-13-4-9(16(18)19)15(11)6-8/h2-4,8H,5-6H2,1H3. The van der Waals surface area contributed by atoms with Crippen molar-refractivity contribution in [2.45, 2.75) is 26.1 Å². The molecule has 2 aromatic rings. The van der Waals surface area contributed by atoms with Crippen LogP contribution in [0.3, 0.4) is 0 Å². The highest BCUT2D eigenvalue weighted by molar-refractivity contribution is 5.66. The van der Waals surface area contributed by atoms with Crippen molar-refractivity contribution in [2.24, 2.45) is 0 Å². The second-order valence-corrected chi connectivity index (χ2v) is 4.44. The van der Waals surface area contributed by atoms with Crippen molar-refractivity contribution in [3.05, 3.63) is 28.7 Å². The Labute approximate surface area is 113 Å².